The molecule has 1 aromatic heterocycles. The minimum Gasteiger partial charge on any atom is -0.388 e. The summed E-state index contributed by atoms with van der Waals surface area (Å²) in [6.07, 6.45) is -0.539. The van der Waals surface area contributed by atoms with Crippen LogP contribution in [-0.2, 0) is 13.5 Å². The van der Waals surface area contributed by atoms with E-state index in [1.807, 2.05) is 20.0 Å². The number of rotatable bonds is 3. The van der Waals surface area contributed by atoms with Gasteiger partial charge >= 0.3 is 0 Å². The van der Waals surface area contributed by atoms with Gasteiger partial charge in [0.2, 0.25) is 0 Å². The van der Waals surface area contributed by atoms with Crippen LogP contribution in [0, 0.1) is 12.7 Å². The zero-order valence-corrected chi connectivity index (χ0v) is 11.8. The Morgan fingerprint density at radius 3 is 2.78 bits per heavy atom. The molecule has 0 aliphatic rings. The molecule has 3 nitrogen and oxygen atoms in total. The van der Waals surface area contributed by atoms with E-state index >= 15 is 0 Å². The van der Waals surface area contributed by atoms with Gasteiger partial charge in [-0.15, -0.1) is 0 Å². The summed E-state index contributed by atoms with van der Waals surface area (Å²) in [5.41, 5.74) is 2.05. The Morgan fingerprint density at radius 2 is 2.17 bits per heavy atom. The van der Waals surface area contributed by atoms with E-state index in [9.17, 15) is 9.50 Å². The second-order valence-electron chi connectivity index (χ2n) is 4.29. The fraction of sp³-hybridized carbons (Fsp3) is 0.308. The van der Waals surface area contributed by atoms with Crippen LogP contribution in [0.25, 0.3) is 0 Å². The van der Waals surface area contributed by atoms with Crippen LogP contribution in [0.5, 0.6) is 0 Å². The molecular weight excluding hydrogens is 299 g/mol. The lowest BCUT2D eigenvalue weighted by Gasteiger charge is -2.12. The second-order valence-corrected chi connectivity index (χ2v) is 5.20. The maximum Gasteiger partial charge on any atom is 0.129 e. The summed E-state index contributed by atoms with van der Waals surface area (Å²) in [5.74, 6) is -0.399. The number of aromatic nitrogens is 2. The van der Waals surface area contributed by atoms with Gasteiger partial charge in [-0.1, -0.05) is 15.9 Å². The maximum atomic E-state index is 13.6. The Kier molecular flexibility index (Phi) is 3.82. The monoisotopic (exact) mass is 312 g/mol. The van der Waals surface area contributed by atoms with Crippen LogP contribution in [-0.4, -0.2) is 14.9 Å². The highest BCUT2D eigenvalue weighted by Gasteiger charge is 2.16. The summed E-state index contributed by atoms with van der Waals surface area (Å²) in [4.78, 5) is 0. The maximum absolute atomic E-state index is 13.6. The molecule has 0 aliphatic carbocycles. The second kappa shape index (κ2) is 5.20. The number of halogens is 2. The van der Waals surface area contributed by atoms with Gasteiger partial charge in [0.1, 0.15) is 5.82 Å². The van der Waals surface area contributed by atoms with Gasteiger partial charge < -0.3 is 5.11 Å². The number of aliphatic hydroxyl groups excluding tert-OH is 1. The number of aryl methyl sites for hydroxylation is 2. The minimum absolute atomic E-state index is 0.295. The van der Waals surface area contributed by atoms with Crippen molar-refractivity contribution in [2.24, 2.45) is 7.05 Å². The van der Waals surface area contributed by atoms with Crippen LogP contribution in [0.3, 0.4) is 0 Å². The van der Waals surface area contributed by atoms with E-state index in [1.165, 1.54) is 6.07 Å². The quantitative estimate of drug-likeness (QED) is 0.946. The molecule has 0 saturated heterocycles. The number of hydrogen-bond donors (Lipinski definition) is 1. The van der Waals surface area contributed by atoms with Gasteiger partial charge in [-0.3, -0.25) is 4.68 Å². The highest BCUT2D eigenvalue weighted by molar-refractivity contribution is 9.10. The predicted molar refractivity (Wildman–Crippen MR) is 70.7 cm³/mol. The van der Waals surface area contributed by atoms with Crippen LogP contribution in [0.1, 0.15) is 23.1 Å². The Morgan fingerprint density at radius 1 is 1.44 bits per heavy atom. The lowest BCUT2D eigenvalue weighted by Crippen LogP contribution is -2.08. The Labute approximate surface area is 113 Å². The highest BCUT2D eigenvalue weighted by atomic mass is 79.9. The average Bonchev–Trinajstić information content (AvgIpc) is 2.61. The first-order valence-corrected chi connectivity index (χ1v) is 6.39. The van der Waals surface area contributed by atoms with Gasteiger partial charge in [-0.05, 0) is 31.2 Å². The first kappa shape index (κ1) is 13.2. The van der Waals surface area contributed by atoms with E-state index in [2.05, 4.69) is 21.0 Å². The summed E-state index contributed by atoms with van der Waals surface area (Å²) in [6.45, 7) is 1.88. The van der Waals surface area contributed by atoms with Crippen molar-refractivity contribution >= 4 is 15.9 Å². The molecule has 0 saturated carbocycles. The molecule has 0 bridgehead atoms. The summed E-state index contributed by atoms with van der Waals surface area (Å²) >= 11 is 3.27. The lowest BCUT2D eigenvalue weighted by atomic mass is 10.0. The van der Waals surface area contributed by atoms with Crippen LogP contribution >= 0.6 is 15.9 Å². The van der Waals surface area contributed by atoms with Gasteiger partial charge in [0, 0.05) is 29.2 Å². The summed E-state index contributed by atoms with van der Waals surface area (Å²) < 4.78 is 16.1. The summed E-state index contributed by atoms with van der Waals surface area (Å²) in [5, 5.41) is 14.3. The number of aliphatic hydroxyl groups is 1. The van der Waals surface area contributed by atoms with Crippen molar-refractivity contribution in [1.82, 2.24) is 9.78 Å². The number of hydrogen-bond acceptors (Lipinski definition) is 2. The van der Waals surface area contributed by atoms with Crippen molar-refractivity contribution in [3.8, 4) is 0 Å². The van der Waals surface area contributed by atoms with E-state index in [0.717, 1.165) is 15.9 Å². The predicted octanol–water partition coefficient (Wildman–Crippen LogP) is 2.91. The molecule has 5 heteroatoms. The van der Waals surface area contributed by atoms with Crippen molar-refractivity contribution in [3.05, 3.63) is 51.5 Å². The van der Waals surface area contributed by atoms with E-state index in [-0.39, 0.29) is 0 Å². The molecule has 1 N–H and O–H groups in total. The Hall–Kier alpha value is -1.20. The molecule has 1 atom stereocenters. The third-order valence-corrected chi connectivity index (χ3v) is 3.31. The SMILES string of the molecule is Cc1cc(CC(O)c2cc(Br)ccc2F)n(C)n1. The minimum atomic E-state index is -0.878. The normalized spacial score (nSPS) is 12.7. The Balaban J connectivity index is 2.24. The van der Waals surface area contributed by atoms with E-state index in [1.54, 1.807) is 16.8 Å². The van der Waals surface area contributed by atoms with Crippen LogP contribution < -0.4 is 0 Å². The van der Waals surface area contributed by atoms with Crippen LogP contribution in [0.4, 0.5) is 4.39 Å². The lowest BCUT2D eigenvalue weighted by molar-refractivity contribution is 0.171. The molecule has 2 aromatic rings. The van der Waals surface area contributed by atoms with Crippen molar-refractivity contribution in [2.75, 3.05) is 0 Å². The molecule has 96 valence electrons. The van der Waals surface area contributed by atoms with Crippen molar-refractivity contribution in [2.45, 2.75) is 19.4 Å². The molecule has 0 amide bonds. The number of benzene rings is 1. The molecule has 0 fully saturated rings. The van der Waals surface area contributed by atoms with Gasteiger partial charge in [-0.25, -0.2) is 4.39 Å². The topological polar surface area (TPSA) is 38.0 Å². The van der Waals surface area contributed by atoms with Crippen molar-refractivity contribution in [1.29, 1.82) is 0 Å². The van der Waals surface area contributed by atoms with Crippen LogP contribution in [0.15, 0.2) is 28.7 Å². The third-order valence-electron chi connectivity index (χ3n) is 2.82. The molecule has 0 spiro atoms. The molecule has 1 unspecified atom stereocenters. The van der Waals surface area contributed by atoms with Gasteiger partial charge in [-0.2, -0.15) is 5.10 Å². The van der Waals surface area contributed by atoms with Crippen molar-refractivity contribution in [3.63, 3.8) is 0 Å². The molecular formula is C13H14BrFN2O. The first-order chi connectivity index (χ1) is 8.47. The van der Waals surface area contributed by atoms with Crippen LogP contribution in [0.2, 0.25) is 0 Å². The van der Waals surface area contributed by atoms with Gasteiger partial charge in [0.15, 0.2) is 0 Å². The summed E-state index contributed by atoms with van der Waals surface area (Å²) in [7, 11) is 1.81. The zero-order valence-electron chi connectivity index (χ0n) is 10.2. The third kappa shape index (κ3) is 2.79. The highest BCUT2D eigenvalue weighted by Crippen LogP contribution is 2.24. The van der Waals surface area contributed by atoms with E-state index in [0.29, 0.717) is 12.0 Å². The molecule has 0 radical (unpaired) electrons. The zero-order chi connectivity index (χ0) is 13.3. The Bertz CT molecular complexity index is 568. The standard InChI is InChI=1S/C13H14BrFN2O/c1-8-5-10(17(2)16-8)7-13(18)11-6-9(14)3-4-12(11)15/h3-6,13,18H,7H2,1-2H3. The number of nitrogens with zero attached hydrogens (tertiary/aromatic N) is 2. The van der Waals surface area contributed by atoms with E-state index < -0.39 is 11.9 Å². The first-order valence-electron chi connectivity index (χ1n) is 5.60. The molecule has 1 aromatic carbocycles. The molecule has 2 rings (SSSR count). The van der Waals surface area contributed by atoms with Gasteiger partial charge in [0.05, 0.1) is 11.8 Å². The average molecular weight is 313 g/mol. The molecule has 18 heavy (non-hydrogen) atoms. The molecule has 0 aliphatic heterocycles. The van der Waals surface area contributed by atoms with E-state index in [4.69, 9.17) is 0 Å². The molecule has 1 heterocycles. The van der Waals surface area contributed by atoms with Crippen molar-refractivity contribution < 1.29 is 9.50 Å². The fourth-order valence-electron chi connectivity index (χ4n) is 1.93. The fourth-order valence-corrected chi connectivity index (χ4v) is 2.31. The largest absolute Gasteiger partial charge is 0.388 e. The van der Waals surface area contributed by atoms with Gasteiger partial charge in [0.25, 0.3) is 0 Å². The smallest absolute Gasteiger partial charge is 0.129 e. The summed E-state index contributed by atoms with van der Waals surface area (Å²) in [6, 6.07) is 6.44.